The summed E-state index contributed by atoms with van der Waals surface area (Å²) < 4.78 is 2.32. The third kappa shape index (κ3) is 3.86. The molecule has 1 aliphatic heterocycles. The van der Waals surface area contributed by atoms with Crippen molar-refractivity contribution in [3.63, 3.8) is 0 Å². The molecular formula is C27H27N3O. The van der Waals surface area contributed by atoms with E-state index in [9.17, 15) is 4.79 Å². The number of amides is 1. The van der Waals surface area contributed by atoms with Gasteiger partial charge in [0.15, 0.2) is 0 Å². The van der Waals surface area contributed by atoms with Crippen LogP contribution in [0, 0.1) is 13.8 Å². The van der Waals surface area contributed by atoms with Gasteiger partial charge in [-0.2, -0.15) is 0 Å². The van der Waals surface area contributed by atoms with Crippen LogP contribution in [0.5, 0.6) is 0 Å². The van der Waals surface area contributed by atoms with E-state index in [4.69, 9.17) is 4.98 Å². The molecule has 0 spiro atoms. The first-order valence-corrected chi connectivity index (χ1v) is 11.0. The van der Waals surface area contributed by atoms with E-state index in [-0.39, 0.29) is 11.8 Å². The zero-order chi connectivity index (χ0) is 21.4. The van der Waals surface area contributed by atoms with Crippen molar-refractivity contribution in [2.75, 3.05) is 11.4 Å². The van der Waals surface area contributed by atoms with Crippen LogP contribution in [0.1, 0.15) is 34.9 Å². The van der Waals surface area contributed by atoms with Crippen LogP contribution in [0.3, 0.4) is 0 Å². The molecule has 0 aliphatic carbocycles. The topological polar surface area (TPSA) is 38.1 Å². The van der Waals surface area contributed by atoms with E-state index in [1.54, 1.807) is 0 Å². The molecule has 1 aromatic heterocycles. The van der Waals surface area contributed by atoms with Crippen molar-refractivity contribution in [2.24, 2.45) is 0 Å². The second-order valence-corrected chi connectivity index (χ2v) is 8.60. The number of anilines is 1. The minimum absolute atomic E-state index is 0.0940. The van der Waals surface area contributed by atoms with Gasteiger partial charge in [0.1, 0.15) is 5.82 Å². The number of imidazole rings is 1. The van der Waals surface area contributed by atoms with Crippen LogP contribution in [0.15, 0.2) is 72.8 Å². The average molecular weight is 410 g/mol. The molecule has 1 atom stereocenters. The second-order valence-electron chi connectivity index (χ2n) is 8.60. The fraction of sp³-hybridized carbons (Fsp3) is 0.259. The highest BCUT2D eigenvalue weighted by molar-refractivity contribution is 5.96. The Balaban J connectivity index is 1.47. The summed E-state index contributed by atoms with van der Waals surface area (Å²) in [5, 5.41) is 0. The lowest BCUT2D eigenvalue weighted by atomic mass is 10.1. The Morgan fingerprint density at radius 3 is 2.42 bits per heavy atom. The highest BCUT2D eigenvalue weighted by Gasteiger charge is 2.35. The minimum Gasteiger partial charge on any atom is -0.327 e. The van der Waals surface area contributed by atoms with Crippen LogP contribution in [-0.4, -0.2) is 22.0 Å². The van der Waals surface area contributed by atoms with Crippen molar-refractivity contribution in [2.45, 2.75) is 39.2 Å². The molecule has 4 aromatic rings. The molecule has 0 unspecified atom stereocenters. The van der Waals surface area contributed by atoms with Crippen LogP contribution in [0.2, 0.25) is 0 Å². The van der Waals surface area contributed by atoms with Crippen molar-refractivity contribution in [1.29, 1.82) is 0 Å². The normalized spacial score (nSPS) is 16.4. The maximum absolute atomic E-state index is 13.0. The third-order valence-corrected chi connectivity index (χ3v) is 6.16. The molecule has 31 heavy (non-hydrogen) atoms. The number of fused-ring (bicyclic) bond motifs is 1. The number of para-hydroxylation sites is 2. The summed E-state index contributed by atoms with van der Waals surface area (Å²) in [7, 11) is 0. The maximum atomic E-state index is 13.0. The molecule has 1 aliphatic rings. The summed E-state index contributed by atoms with van der Waals surface area (Å²) in [6.45, 7) is 5.69. The summed E-state index contributed by atoms with van der Waals surface area (Å²) in [5.41, 5.74) is 6.82. The fourth-order valence-electron chi connectivity index (χ4n) is 4.76. The number of benzene rings is 3. The fourth-order valence-corrected chi connectivity index (χ4v) is 4.76. The van der Waals surface area contributed by atoms with Crippen molar-refractivity contribution < 1.29 is 4.79 Å². The molecule has 156 valence electrons. The number of hydrogen-bond donors (Lipinski definition) is 0. The van der Waals surface area contributed by atoms with E-state index in [0.29, 0.717) is 13.0 Å². The van der Waals surface area contributed by atoms with Gasteiger partial charge in [-0.15, -0.1) is 0 Å². The minimum atomic E-state index is 0.0940. The van der Waals surface area contributed by atoms with Crippen molar-refractivity contribution in [3.8, 4) is 0 Å². The van der Waals surface area contributed by atoms with E-state index < -0.39 is 0 Å². The smallest absolute Gasteiger partial charge is 0.227 e. The number of carbonyl (C=O) groups excluding carboxylic acids is 1. The van der Waals surface area contributed by atoms with E-state index in [1.807, 2.05) is 17.0 Å². The van der Waals surface area contributed by atoms with E-state index in [2.05, 4.69) is 79.1 Å². The summed E-state index contributed by atoms with van der Waals surface area (Å²) in [4.78, 5) is 19.9. The van der Waals surface area contributed by atoms with E-state index in [0.717, 1.165) is 35.5 Å². The summed E-state index contributed by atoms with van der Waals surface area (Å²) in [6, 6.07) is 25.2. The number of carbonyl (C=O) groups is 1. The van der Waals surface area contributed by atoms with Crippen molar-refractivity contribution >= 4 is 22.6 Å². The molecule has 1 fully saturated rings. The van der Waals surface area contributed by atoms with Gasteiger partial charge in [0.05, 0.1) is 11.0 Å². The number of nitrogens with zero attached hydrogens (tertiary/aromatic N) is 3. The first kappa shape index (κ1) is 19.6. The van der Waals surface area contributed by atoms with Gasteiger partial charge in [-0.25, -0.2) is 4.98 Å². The Labute approximate surface area is 183 Å². The van der Waals surface area contributed by atoms with Gasteiger partial charge in [-0.3, -0.25) is 4.79 Å². The molecule has 4 heteroatoms. The molecule has 2 heterocycles. The molecule has 1 amide bonds. The molecule has 4 nitrogen and oxygen atoms in total. The van der Waals surface area contributed by atoms with Crippen LogP contribution < -0.4 is 4.90 Å². The van der Waals surface area contributed by atoms with Gasteiger partial charge >= 0.3 is 0 Å². The van der Waals surface area contributed by atoms with E-state index in [1.165, 1.54) is 16.7 Å². The third-order valence-electron chi connectivity index (χ3n) is 6.16. The highest BCUT2D eigenvalue weighted by atomic mass is 16.2. The van der Waals surface area contributed by atoms with E-state index >= 15 is 0 Å². The van der Waals surface area contributed by atoms with Crippen LogP contribution in [0.4, 0.5) is 5.69 Å². The standard InChI is InChI=1S/C27H27N3O/c1-19-14-20(2)16-23(15-19)30-18-22(17-26(30)31)27-28-24-10-6-7-11-25(24)29(27)13-12-21-8-4-3-5-9-21/h3-11,14-16,22H,12-13,17-18H2,1-2H3/t22-/m0/s1. The van der Waals surface area contributed by atoms with Crippen molar-refractivity contribution in [3.05, 3.63) is 95.3 Å². The Hall–Kier alpha value is -3.40. The Morgan fingerprint density at radius 2 is 1.65 bits per heavy atom. The number of hydrogen-bond acceptors (Lipinski definition) is 2. The van der Waals surface area contributed by atoms with Gasteiger partial charge in [0, 0.05) is 31.1 Å². The molecule has 1 saturated heterocycles. The maximum Gasteiger partial charge on any atom is 0.227 e. The van der Waals surface area contributed by atoms with Gasteiger partial charge < -0.3 is 9.47 Å². The van der Waals surface area contributed by atoms with Crippen LogP contribution in [0.25, 0.3) is 11.0 Å². The van der Waals surface area contributed by atoms with Crippen molar-refractivity contribution in [1.82, 2.24) is 9.55 Å². The lowest BCUT2D eigenvalue weighted by molar-refractivity contribution is -0.117. The zero-order valence-electron chi connectivity index (χ0n) is 18.1. The monoisotopic (exact) mass is 409 g/mol. The summed E-state index contributed by atoms with van der Waals surface area (Å²) in [5.74, 6) is 1.30. The number of rotatable bonds is 5. The summed E-state index contributed by atoms with van der Waals surface area (Å²) in [6.07, 6.45) is 1.44. The Morgan fingerprint density at radius 1 is 0.935 bits per heavy atom. The molecule has 5 rings (SSSR count). The SMILES string of the molecule is Cc1cc(C)cc(N2C[C@@H](c3nc4ccccc4n3CCc3ccccc3)CC2=O)c1. The molecule has 0 radical (unpaired) electrons. The lowest BCUT2D eigenvalue weighted by Crippen LogP contribution is -2.24. The summed E-state index contributed by atoms with van der Waals surface area (Å²) >= 11 is 0. The van der Waals surface area contributed by atoms with Gasteiger partial charge in [-0.1, -0.05) is 48.5 Å². The second kappa shape index (κ2) is 8.03. The molecule has 0 saturated carbocycles. The lowest BCUT2D eigenvalue weighted by Gasteiger charge is -2.19. The predicted molar refractivity (Wildman–Crippen MR) is 126 cm³/mol. The zero-order valence-corrected chi connectivity index (χ0v) is 18.1. The first-order chi connectivity index (χ1) is 15.1. The Bertz CT molecular complexity index is 1220. The number of aryl methyl sites for hydroxylation is 4. The highest BCUT2D eigenvalue weighted by Crippen LogP contribution is 2.34. The van der Waals surface area contributed by atoms with Gasteiger partial charge in [0.2, 0.25) is 5.91 Å². The number of aromatic nitrogens is 2. The van der Waals surface area contributed by atoms with Gasteiger partial charge in [0.25, 0.3) is 0 Å². The Kier molecular flexibility index (Phi) is 5.06. The predicted octanol–water partition coefficient (Wildman–Crippen LogP) is 5.42. The largest absolute Gasteiger partial charge is 0.327 e. The van der Waals surface area contributed by atoms with Crippen LogP contribution >= 0.6 is 0 Å². The average Bonchev–Trinajstić information content (AvgIpc) is 3.33. The molecular weight excluding hydrogens is 382 g/mol. The molecule has 0 N–H and O–H groups in total. The van der Waals surface area contributed by atoms with Crippen LogP contribution in [-0.2, 0) is 17.8 Å². The molecule has 0 bridgehead atoms. The van der Waals surface area contributed by atoms with Gasteiger partial charge in [-0.05, 0) is 61.2 Å². The molecule has 3 aromatic carbocycles. The quantitative estimate of drug-likeness (QED) is 0.442. The first-order valence-electron chi connectivity index (χ1n) is 11.0.